The maximum absolute atomic E-state index is 13.9. The number of nitrogens with one attached hydrogen (secondary N) is 3. The molecule has 0 aliphatic heterocycles. The smallest absolute Gasteiger partial charge is 0.272 e. The van der Waals surface area contributed by atoms with Gasteiger partial charge in [-0.3, -0.25) is 9.59 Å². The van der Waals surface area contributed by atoms with Crippen molar-refractivity contribution in [2.24, 2.45) is 0 Å². The van der Waals surface area contributed by atoms with Crippen LogP contribution in [0.1, 0.15) is 16.2 Å². The fourth-order valence-corrected chi connectivity index (χ4v) is 3.19. The van der Waals surface area contributed by atoms with Gasteiger partial charge in [-0.05, 0) is 43.3 Å². The lowest BCUT2D eigenvalue weighted by molar-refractivity contribution is 0.102. The van der Waals surface area contributed by atoms with Crippen molar-refractivity contribution in [3.05, 3.63) is 87.1 Å². The quantitative estimate of drug-likeness (QED) is 0.419. The number of pyridine rings is 1. The highest BCUT2D eigenvalue weighted by atomic mass is 35.5. The summed E-state index contributed by atoms with van der Waals surface area (Å²) >= 11 is 6.01. The van der Waals surface area contributed by atoms with Crippen molar-refractivity contribution in [3.8, 4) is 11.5 Å². The molecule has 0 fully saturated rings. The number of amides is 1. The van der Waals surface area contributed by atoms with Gasteiger partial charge >= 0.3 is 0 Å². The van der Waals surface area contributed by atoms with Crippen LogP contribution in [-0.2, 0) is 0 Å². The number of ether oxygens (including phenoxy) is 1. The van der Waals surface area contributed by atoms with Gasteiger partial charge in [-0.15, -0.1) is 0 Å². The molecule has 9 heteroatoms. The van der Waals surface area contributed by atoms with Crippen LogP contribution in [0.3, 0.4) is 0 Å². The first-order chi connectivity index (χ1) is 14.3. The number of aromatic nitrogens is 2. The zero-order valence-corrected chi connectivity index (χ0v) is 16.2. The van der Waals surface area contributed by atoms with Crippen LogP contribution in [0.15, 0.2) is 53.5 Å². The summed E-state index contributed by atoms with van der Waals surface area (Å²) in [5, 5.41) is 3.93. The highest BCUT2D eigenvalue weighted by Gasteiger charge is 2.16. The molecule has 3 N–H and O–H groups in total. The predicted molar refractivity (Wildman–Crippen MR) is 109 cm³/mol. The van der Waals surface area contributed by atoms with Crippen LogP contribution in [0.25, 0.3) is 10.8 Å². The van der Waals surface area contributed by atoms with Crippen molar-refractivity contribution in [1.29, 1.82) is 0 Å². The van der Waals surface area contributed by atoms with E-state index in [0.29, 0.717) is 27.6 Å². The molecule has 0 radical (unpaired) electrons. The van der Waals surface area contributed by atoms with Gasteiger partial charge in [-0.25, -0.2) is 8.78 Å². The van der Waals surface area contributed by atoms with Gasteiger partial charge in [0.05, 0.1) is 11.1 Å². The average Bonchev–Trinajstić information content (AvgIpc) is 3.07. The first kappa shape index (κ1) is 19.7. The standard InChI is InChI=1S/C21H14ClF2N3O3/c1-10-19-11(9-25-10)6-16(27-21(19)29)20(28)26-15-7-12(22)2-4-18(15)30-17-5-3-13(23)8-14(17)24/h2-9,25H,1H3,(H,26,28)(H,27,29). The molecule has 6 nitrogen and oxygen atoms in total. The second-order valence-electron chi connectivity index (χ2n) is 6.53. The minimum Gasteiger partial charge on any atom is -0.452 e. The molecule has 2 aromatic carbocycles. The van der Waals surface area contributed by atoms with Gasteiger partial charge in [0.15, 0.2) is 17.3 Å². The Morgan fingerprint density at radius 3 is 2.63 bits per heavy atom. The average molecular weight is 430 g/mol. The summed E-state index contributed by atoms with van der Waals surface area (Å²) in [6.07, 6.45) is 1.63. The number of fused-ring (bicyclic) bond motifs is 1. The molecule has 1 amide bonds. The minimum atomic E-state index is -0.903. The summed E-state index contributed by atoms with van der Waals surface area (Å²) in [5.74, 6) is -2.42. The Bertz CT molecular complexity index is 1350. The molecule has 30 heavy (non-hydrogen) atoms. The van der Waals surface area contributed by atoms with Gasteiger partial charge in [-0.1, -0.05) is 11.6 Å². The molecule has 0 unspecified atom stereocenters. The molecule has 0 atom stereocenters. The Morgan fingerprint density at radius 1 is 1.10 bits per heavy atom. The topological polar surface area (TPSA) is 87.0 Å². The van der Waals surface area contributed by atoms with Gasteiger partial charge in [0.25, 0.3) is 11.5 Å². The lowest BCUT2D eigenvalue weighted by atomic mass is 10.2. The zero-order valence-electron chi connectivity index (χ0n) is 15.5. The number of benzene rings is 2. The second kappa shape index (κ2) is 7.64. The van der Waals surface area contributed by atoms with Crippen LogP contribution in [0, 0.1) is 18.6 Å². The van der Waals surface area contributed by atoms with E-state index in [-0.39, 0.29) is 22.9 Å². The van der Waals surface area contributed by atoms with Gasteiger partial charge in [0.1, 0.15) is 11.5 Å². The van der Waals surface area contributed by atoms with Gasteiger partial charge in [0.2, 0.25) is 0 Å². The highest BCUT2D eigenvalue weighted by molar-refractivity contribution is 6.31. The Labute approximate surface area is 173 Å². The SMILES string of the molecule is Cc1[nH]cc2cc(C(=O)Nc3cc(Cl)ccc3Oc3ccc(F)cc3F)[nH]c(=O)c12. The monoisotopic (exact) mass is 429 g/mol. The lowest BCUT2D eigenvalue weighted by Crippen LogP contribution is -2.19. The Kier molecular flexibility index (Phi) is 5.01. The molecular weight excluding hydrogens is 416 g/mol. The van der Waals surface area contributed by atoms with E-state index in [0.717, 1.165) is 12.1 Å². The summed E-state index contributed by atoms with van der Waals surface area (Å²) in [7, 11) is 0. The molecule has 0 saturated heterocycles. The molecular formula is C21H14ClF2N3O3. The van der Waals surface area contributed by atoms with E-state index in [1.807, 2.05) is 0 Å². The van der Waals surface area contributed by atoms with E-state index >= 15 is 0 Å². The minimum absolute atomic E-state index is 0.0189. The van der Waals surface area contributed by atoms with Crippen LogP contribution in [0.5, 0.6) is 11.5 Å². The molecule has 0 aliphatic rings. The molecule has 0 aliphatic carbocycles. The van der Waals surface area contributed by atoms with E-state index in [4.69, 9.17) is 16.3 Å². The number of halogens is 3. The number of H-pyrrole nitrogens is 2. The van der Waals surface area contributed by atoms with Crippen LogP contribution in [0.2, 0.25) is 5.02 Å². The van der Waals surface area contributed by atoms with Crippen molar-refractivity contribution >= 4 is 34.0 Å². The van der Waals surface area contributed by atoms with E-state index in [1.165, 1.54) is 24.3 Å². The third-order valence-corrected chi connectivity index (χ3v) is 4.67. The van der Waals surface area contributed by atoms with Crippen molar-refractivity contribution in [3.63, 3.8) is 0 Å². The summed E-state index contributed by atoms with van der Waals surface area (Å²) in [5.41, 5.74) is 0.435. The molecule has 0 bridgehead atoms. The molecule has 2 heterocycles. The van der Waals surface area contributed by atoms with E-state index in [2.05, 4.69) is 15.3 Å². The third kappa shape index (κ3) is 3.77. The number of aryl methyl sites for hydroxylation is 1. The molecule has 152 valence electrons. The largest absolute Gasteiger partial charge is 0.452 e. The molecule has 2 aromatic heterocycles. The number of hydrogen-bond donors (Lipinski definition) is 3. The van der Waals surface area contributed by atoms with Crippen molar-refractivity contribution in [1.82, 2.24) is 9.97 Å². The van der Waals surface area contributed by atoms with Gasteiger partial charge in [-0.2, -0.15) is 0 Å². The van der Waals surface area contributed by atoms with Crippen molar-refractivity contribution < 1.29 is 18.3 Å². The number of carbonyl (C=O) groups excluding carboxylic acids is 1. The maximum atomic E-state index is 13.9. The van der Waals surface area contributed by atoms with Crippen LogP contribution < -0.4 is 15.6 Å². The van der Waals surface area contributed by atoms with Gasteiger partial charge in [0, 0.05) is 28.4 Å². The summed E-state index contributed by atoms with van der Waals surface area (Å²) in [6, 6.07) is 8.72. The van der Waals surface area contributed by atoms with Crippen molar-refractivity contribution in [2.75, 3.05) is 5.32 Å². The Balaban J connectivity index is 1.66. The molecule has 4 aromatic rings. The Hall–Kier alpha value is -3.65. The number of aromatic amines is 2. The number of rotatable bonds is 4. The van der Waals surface area contributed by atoms with Crippen LogP contribution in [0.4, 0.5) is 14.5 Å². The maximum Gasteiger partial charge on any atom is 0.272 e. The number of carbonyl (C=O) groups is 1. The fraction of sp³-hybridized carbons (Fsp3) is 0.0476. The summed E-state index contributed by atoms with van der Waals surface area (Å²) in [4.78, 5) is 30.5. The molecule has 0 saturated carbocycles. The normalized spacial score (nSPS) is 10.9. The predicted octanol–water partition coefficient (Wildman–Crippen LogP) is 5.14. The fourth-order valence-electron chi connectivity index (χ4n) is 3.02. The highest BCUT2D eigenvalue weighted by Crippen LogP contribution is 2.33. The van der Waals surface area contributed by atoms with E-state index < -0.39 is 23.1 Å². The molecule has 4 rings (SSSR count). The summed E-state index contributed by atoms with van der Waals surface area (Å²) < 4.78 is 32.6. The molecule has 0 spiro atoms. The van der Waals surface area contributed by atoms with Crippen LogP contribution in [-0.4, -0.2) is 15.9 Å². The third-order valence-electron chi connectivity index (χ3n) is 4.43. The van der Waals surface area contributed by atoms with Crippen molar-refractivity contribution in [2.45, 2.75) is 6.92 Å². The number of hydrogen-bond acceptors (Lipinski definition) is 3. The van der Waals surface area contributed by atoms with Crippen LogP contribution >= 0.6 is 11.6 Å². The lowest BCUT2D eigenvalue weighted by Gasteiger charge is -2.13. The first-order valence-corrected chi connectivity index (χ1v) is 9.14. The second-order valence-corrected chi connectivity index (χ2v) is 6.96. The number of anilines is 1. The summed E-state index contributed by atoms with van der Waals surface area (Å²) in [6.45, 7) is 1.75. The van der Waals surface area contributed by atoms with Gasteiger partial charge < -0.3 is 20.0 Å². The van der Waals surface area contributed by atoms with E-state index in [1.54, 1.807) is 13.1 Å². The first-order valence-electron chi connectivity index (χ1n) is 8.76. The zero-order chi connectivity index (χ0) is 21.4. The Morgan fingerprint density at radius 2 is 1.87 bits per heavy atom. The van der Waals surface area contributed by atoms with E-state index in [9.17, 15) is 18.4 Å².